The third kappa shape index (κ3) is 10.9. The van der Waals surface area contributed by atoms with E-state index in [-0.39, 0.29) is 39.9 Å². The zero-order valence-electron chi connectivity index (χ0n) is 35.3. The van der Waals surface area contributed by atoms with Crippen LogP contribution in [0, 0.1) is 0 Å². The summed E-state index contributed by atoms with van der Waals surface area (Å²) in [5, 5.41) is 116. The lowest BCUT2D eigenvalue weighted by Crippen LogP contribution is -2.65. The van der Waals surface area contributed by atoms with Crippen molar-refractivity contribution in [1.82, 2.24) is 0 Å². The van der Waals surface area contributed by atoms with E-state index >= 15 is 0 Å². The first kappa shape index (κ1) is 48.5. The van der Waals surface area contributed by atoms with Crippen molar-refractivity contribution in [3.05, 3.63) is 106 Å². The number of carbonyl (C=O) groups excluding carboxylic acids is 2. The van der Waals surface area contributed by atoms with Crippen molar-refractivity contribution in [2.75, 3.05) is 20.3 Å². The molecule has 68 heavy (non-hydrogen) atoms. The molecular weight excluding hydrogens is 904 g/mol. The monoisotopic (exact) mass is 948 g/mol. The third-order valence-corrected chi connectivity index (χ3v) is 10.7. The third-order valence-electron chi connectivity index (χ3n) is 10.7. The number of aliphatic hydroxyl groups is 5. The molecule has 3 aromatic rings. The van der Waals surface area contributed by atoms with Gasteiger partial charge in [0.15, 0.2) is 63.8 Å². The van der Waals surface area contributed by atoms with E-state index in [4.69, 9.17) is 37.6 Å². The molecule has 11 N–H and O–H groups in total. The van der Waals surface area contributed by atoms with E-state index < -0.39 is 121 Å². The minimum atomic E-state index is -2.08. The summed E-state index contributed by atoms with van der Waals surface area (Å²) in [6.07, 6.45) is -14.8. The average molecular weight is 949 g/mol. The lowest BCUT2D eigenvalue weighted by molar-refractivity contribution is -0.358. The number of rotatable bonds is 14. The Morgan fingerprint density at radius 3 is 1.72 bits per heavy atom. The largest absolute Gasteiger partial charge is 0.507 e. The Balaban J connectivity index is 1.18. The summed E-state index contributed by atoms with van der Waals surface area (Å²) in [5.74, 6) is -5.15. The first-order valence-electron chi connectivity index (χ1n) is 20.4. The maximum atomic E-state index is 12.8. The maximum Gasteiger partial charge on any atom is 0.330 e. The molecule has 22 heteroatoms. The molecule has 0 aromatic heterocycles. The highest BCUT2D eigenvalue weighted by Crippen LogP contribution is 2.44. The zero-order valence-corrected chi connectivity index (χ0v) is 35.3. The Morgan fingerprint density at radius 2 is 1.15 bits per heavy atom. The predicted octanol–water partition coefficient (Wildman–Crippen LogP) is 1.19. The van der Waals surface area contributed by atoms with Crippen molar-refractivity contribution in [2.24, 2.45) is 0 Å². The van der Waals surface area contributed by atoms with Gasteiger partial charge in [-0.1, -0.05) is 12.1 Å². The fourth-order valence-corrected chi connectivity index (χ4v) is 7.05. The van der Waals surface area contributed by atoms with E-state index in [0.29, 0.717) is 11.1 Å². The van der Waals surface area contributed by atoms with Crippen LogP contribution in [0.5, 0.6) is 46.0 Å². The quantitative estimate of drug-likeness (QED) is 0.0423. The van der Waals surface area contributed by atoms with Crippen LogP contribution in [0.2, 0.25) is 0 Å². The van der Waals surface area contributed by atoms with E-state index in [1.54, 1.807) is 0 Å². The number of ether oxygens (including phenoxy) is 7. The van der Waals surface area contributed by atoms with Crippen LogP contribution < -0.4 is 14.9 Å². The molecule has 0 radical (unpaired) electrons. The number of phenols is 6. The molecule has 3 aromatic carbocycles. The van der Waals surface area contributed by atoms with Gasteiger partial charge in [-0.05, 0) is 71.8 Å². The first-order chi connectivity index (χ1) is 32.4. The van der Waals surface area contributed by atoms with Gasteiger partial charge in [0.05, 0.1) is 12.7 Å². The average Bonchev–Trinajstić information content (AvgIpc) is 3.31. The predicted molar refractivity (Wildman–Crippen MR) is 229 cm³/mol. The highest BCUT2D eigenvalue weighted by atomic mass is 16.8. The van der Waals surface area contributed by atoms with Crippen LogP contribution in [0.1, 0.15) is 11.1 Å². The molecule has 0 amide bonds. The Hall–Kier alpha value is -7.41. The number of methoxy groups -OCH3 is 1. The van der Waals surface area contributed by atoms with Crippen LogP contribution >= 0.6 is 0 Å². The van der Waals surface area contributed by atoms with E-state index in [9.17, 15) is 70.6 Å². The minimum Gasteiger partial charge on any atom is -0.507 e. The molecule has 3 aliphatic heterocycles. The highest BCUT2D eigenvalue weighted by Gasteiger charge is 2.52. The van der Waals surface area contributed by atoms with Gasteiger partial charge in [-0.2, -0.15) is 0 Å². The lowest BCUT2D eigenvalue weighted by atomic mass is 9.97. The molecule has 2 saturated heterocycles. The molecule has 2 fully saturated rings. The van der Waals surface area contributed by atoms with E-state index in [1.165, 1.54) is 79.9 Å². The van der Waals surface area contributed by atoms with Crippen LogP contribution in [0.25, 0.3) is 34.8 Å². The van der Waals surface area contributed by atoms with Gasteiger partial charge < -0.3 is 93.7 Å². The second-order valence-electron chi connectivity index (χ2n) is 15.4. The number of aliphatic hydroxyl groups excluding tert-OH is 5. The van der Waals surface area contributed by atoms with Crippen molar-refractivity contribution >= 4 is 24.1 Å². The van der Waals surface area contributed by atoms with Crippen LogP contribution in [0.4, 0.5) is 0 Å². The molecule has 4 aliphatic rings. The van der Waals surface area contributed by atoms with E-state index in [1.807, 2.05) is 0 Å². The van der Waals surface area contributed by atoms with Gasteiger partial charge in [0, 0.05) is 29.8 Å². The number of benzene rings is 4. The number of hydrogen-bond donors (Lipinski definition) is 11. The molecule has 3 heterocycles. The fraction of sp³-hybridized carbons (Fsp3) is 0.283. The highest BCUT2D eigenvalue weighted by molar-refractivity contribution is 5.88. The number of esters is 2. The summed E-state index contributed by atoms with van der Waals surface area (Å²) in [6, 6.07) is 14.6. The first-order valence-corrected chi connectivity index (χ1v) is 20.4. The second-order valence-corrected chi connectivity index (χ2v) is 15.4. The van der Waals surface area contributed by atoms with Gasteiger partial charge in [-0.3, -0.25) is 4.79 Å². The summed E-state index contributed by atoms with van der Waals surface area (Å²) in [4.78, 5) is 37.8. The van der Waals surface area contributed by atoms with Gasteiger partial charge in [0.1, 0.15) is 67.5 Å². The van der Waals surface area contributed by atoms with Gasteiger partial charge in [0.25, 0.3) is 0 Å². The molecule has 360 valence electrons. The Kier molecular flexibility index (Phi) is 14.7. The molecular formula is C46H44O22. The zero-order chi connectivity index (χ0) is 49.0. The summed E-state index contributed by atoms with van der Waals surface area (Å²) in [5.41, 5.74) is 0.0472. The van der Waals surface area contributed by atoms with Crippen LogP contribution in [-0.2, 0) is 33.3 Å². The molecule has 1 aliphatic carbocycles. The SMILES string of the molecule is COc1cc(-c2oc3cc(=O)cc(O)c-3cc2O[C@@H]2O[C@H](COC(=O)C=Cc3ccc(O)c(O)c3)[C@@H](O)[C@H](O)[C@H]2O[C@@H]2O[C@H](COC(=O)C=Cc3ccc(O)c(O)c3)[C@@H](O)[C@H](O)[C@H]2O)ccc1O. The lowest BCUT2D eigenvalue weighted by Gasteiger charge is -2.46. The molecule has 10 atom stereocenters. The topological polar surface area (TPSA) is 351 Å². The number of fused-ring (bicyclic) bond motifs is 1. The maximum absolute atomic E-state index is 12.8. The van der Waals surface area contributed by atoms with Crippen molar-refractivity contribution in [3.8, 4) is 68.6 Å². The van der Waals surface area contributed by atoms with Gasteiger partial charge in [-0.15, -0.1) is 0 Å². The van der Waals surface area contributed by atoms with Crippen LogP contribution in [0.15, 0.2) is 94.2 Å². The van der Waals surface area contributed by atoms with Gasteiger partial charge in [-0.25, -0.2) is 9.59 Å². The standard InChI is InChI=1S/C46H44O22/c1-61-32-14-22(6-9-27(32)50)43-33(17-24-28(51)15-23(47)16-31(24)64-43)65-46-44(41(59)39(57)35(67-46)19-63-37(55)11-5-21-3-8-26(49)30(53)13-21)68-45-42(60)40(58)38(56)34(66-45)18-62-36(54)10-4-20-2-7-25(48)29(52)12-20/h2-17,34-35,38-42,44-46,48-53,56-60H,18-19H2,1H3/t34-,35-,38-,39-,40+,41+,42-,44-,45+,46-/m1/s1. The van der Waals surface area contributed by atoms with Crippen LogP contribution in [0.3, 0.4) is 0 Å². The van der Waals surface area contributed by atoms with E-state index in [2.05, 4.69) is 0 Å². The molecule has 0 bridgehead atoms. The number of hydrogen-bond acceptors (Lipinski definition) is 22. The molecule has 0 saturated carbocycles. The smallest absolute Gasteiger partial charge is 0.330 e. The number of phenolic OH excluding ortho intramolecular Hbond substituents is 6. The molecule has 0 spiro atoms. The minimum absolute atomic E-state index is 0.0333. The van der Waals surface area contributed by atoms with Crippen molar-refractivity contribution in [3.63, 3.8) is 0 Å². The molecule has 0 unspecified atom stereocenters. The summed E-state index contributed by atoms with van der Waals surface area (Å²) < 4.78 is 45.8. The Bertz CT molecular complexity index is 2710. The fourth-order valence-electron chi connectivity index (χ4n) is 7.05. The molecule has 22 nitrogen and oxygen atoms in total. The van der Waals surface area contributed by atoms with Gasteiger partial charge in [0.2, 0.25) is 6.29 Å². The second kappa shape index (κ2) is 20.6. The summed E-state index contributed by atoms with van der Waals surface area (Å²) in [7, 11) is 1.27. The van der Waals surface area contributed by atoms with Crippen LogP contribution in [-0.4, -0.2) is 150 Å². The molecule has 7 rings (SSSR count). The van der Waals surface area contributed by atoms with Crippen molar-refractivity contribution in [2.45, 2.75) is 61.4 Å². The Morgan fingerprint density at radius 1 is 0.588 bits per heavy atom. The van der Waals surface area contributed by atoms with Crippen molar-refractivity contribution in [1.29, 1.82) is 0 Å². The number of carbonyl (C=O) groups is 2. The summed E-state index contributed by atoms with van der Waals surface area (Å²) >= 11 is 0. The normalized spacial score (nSPS) is 25.1. The van der Waals surface area contributed by atoms with Gasteiger partial charge >= 0.3 is 11.9 Å². The van der Waals surface area contributed by atoms with E-state index in [0.717, 1.165) is 24.3 Å². The van der Waals surface area contributed by atoms with Crippen molar-refractivity contribution < 1.29 is 103 Å². The summed E-state index contributed by atoms with van der Waals surface area (Å²) in [6.45, 7) is -1.50. The Labute approximate surface area is 383 Å². The number of aromatic hydroxyl groups is 6.